The predicted octanol–water partition coefficient (Wildman–Crippen LogP) is 7.10. The van der Waals surface area contributed by atoms with Crippen molar-refractivity contribution in [2.75, 3.05) is 13.2 Å². The van der Waals surface area contributed by atoms with Crippen molar-refractivity contribution in [2.45, 2.75) is 30.5 Å². The summed E-state index contributed by atoms with van der Waals surface area (Å²) in [5.41, 5.74) is 12.1. The quantitative estimate of drug-likeness (QED) is 0.102. The lowest BCUT2D eigenvalue weighted by atomic mass is 9.82. The second-order valence-corrected chi connectivity index (χ2v) is 12.5. The Morgan fingerprint density at radius 1 is 0.830 bits per heavy atom. The average molecular weight is 689 g/mol. The monoisotopic (exact) mass is 687 g/mol. The second-order valence-electron chi connectivity index (χ2n) is 11.7. The molecule has 8 heteroatoms. The van der Waals surface area contributed by atoms with Crippen LogP contribution in [0.5, 0.6) is 5.75 Å². The lowest BCUT2D eigenvalue weighted by Crippen LogP contribution is -2.54. The Kier molecular flexibility index (Phi) is 8.89. The largest absolute Gasteiger partial charge is 0.494 e. The van der Waals surface area contributed by atoms with Crippen LogP contribution in [0.1, 0.15) is 46.4 Å². The number of benzene rings is 5. The Bertz CT molecular complexity index is 1870. The minimum absolute atomic E-state index is 0.0694. The van der Waals surface area contributed by atoms with Crippen LogP contribution >= 0.6 is 15.9 Å². The van der Waals surface area contributed by atoms with Gasteiger partial charge >= 0.3 is 0 Å². The van der Waals surface area contributed by atoms with Gasteiger partial charge in [0.1, 0.15) is 5.75 Å². The molecule has 0 radical (unpaired) electrons. The first-order valence-corrected chi connectivity index (χ1v) is 16.5. The maximum atomic E-state index is 14.8. The molecule has 7 nitrogen and oxygen atoms in total. The molecule has 2 atom stereocenters. The summed E-state index contributed by atoms with van der Waals surface area (Å²) in [7, 11) is 0. The molecule has 3 N–H and O–H groups in total. The van der Waals surface area contributed by atoms with Crippen LogP contribution in [0.3, 0.4) is 0 Å². The third kappa shape index (κ3) is 6.07. The summed E-state index contributed by atoms with van der Waals surface area (Å²) in [5.74, 6) is 0.751. The van der Waals surface area contributed by atoms with Gasteiger partial charge in [0, 0.05) is 29.5 Å². The number of amides is 1. The van der Waals surface area contributed by atoms with E-state index in [0.717, 1.165) is 43.4 Å². The van der Waals surface area contributed by atoms with Crippen molar-refractivity contribution in [1.82, 2.24) is 10.9 Å². The summed E-state index contributed by atoms with van der Waals surface area (Å²) in [5, 5.41) is 9.10. The average Bonchev–Trinajstić information content (AvgIpc) is 3.66. The molecule has 0 saturated carbocycles. The molecule has 5 aromatic rings. The van der Waals surface area contributed by atoms with Crippen molar-refractivity contribution in [1.29, 1.82) is 0 Å². The van der Waals surface area contributed by atoms with E-state index < -0.39 is 11.6 Å². The van der Waals surface area contributed by atoms with Crippen molar-refractivity contribution in [3.05, 3.63) is 160 Å². The molecule has 236 valence electrons. The molecule has 0 aromatic heterocycles. The molecule has 0 spiro atoms. The number of rotatable bonds is 11. The number of hydrogen-bond donors (Lipinski definition) is 3. The molecule has 47 heavy (non-hydrogen) atoms. The predicted molar refractivity (Wildman–Crippen MR) is 186 cm³/mol. The van der Waals surface area contributed by atoms with Crippen LogP contribution in [-0.4, -0.2) is 35.7 Å². The zero-order valence-corrected chi connectivity index (χ0v) is 27.2. The number of carbonyl (C=O) groups is 1. The van der Waals surface area contributed by atoms with Crippen molar-refractivity contribution in [3.8, 4) is 16.9 Å². The van der Waals surface area contributed by atoms with Gasteiger partial charge in [0.2, 0.25) is 5.90 Å². The van der Waals surface area contributed by atoms with Crippen LogP contribution in [0.25, 0.3) is 11.1 Å². The van der Waals surface area contributed by atoms with E-state index in [4.69, 9.17) is 19.6 Å². The first kappa shape index (κ1) is 30.9. The van der Waals surface area contributed by atoms with E-state index in [-0.39, 0.29) is 25.0 Å². The Labute approximate surface area is 282 Å². The summed E-state index contributed by atoms with van der Waals surface area (Å²) < 4.78 is 13.3. The van der Waals surface area contributed by atoms with Crippen LogP contribution in [-0.2, 0) is 16.0 Å². The molecular formula is C39H34BrN3O4. The number of hydrogen-bond acceptors (Lipinski definition) is 6. The number of nitrogens with one attached hydrogen (secondary N) is 2. The first-order chi connectivity index (χ1) is 23.1. The number of fused-ring (bicyclic) bond motifs is 3. The fourth-order valence-electron chi connectivity index (χ4n) is 6.40. The number of aliphatic imine (C=N–C) groups is 1. The number of aliphatic hydroxyl groups excluding tert-OH is 1. The zero-order valence-electron chi connectivity index (χ0n) is 25.6. The number of aliphatic hydroxyl groups is 1. The van der Waals surface area contributed by atoms with Crippen molar-refractivity contribution >= 4 is 27.7 Å². The minimum Gasteiger partial charge on any atom is -0.494 e. The zero-order chi connectivity index (χ0) is 32.2. The molecule has 0 unspecified atom stereocenters. The van der Waals surface area contributed by atoms with Crippen LogP contribution in [0.15, 0.2) is 137 Å². The molecule has 1 aliphatic heterocycles. The third-order valence-electron chi connectivity index (χ3n) is 8.71. The van der Waals surface area contributed by atoms with Crippen LogP contribution in [0.4, 0.5) is 0 Å². The summed E-state index contributed by atoms with van der Waals surface area (Å²) in [4.78, 5) is 20.0. The lowest BCUT2D eigenvalue weighted by molar-refractivity contribution is -0.130. The van der Waals surface area contributed by atoms with Gasteiger partial charge in [-0.2, -0.15) is 0 Å². The first-order valence-electron chi connectivity index (χ1n) is 15.7. The second kappa shape index (κ2) is 13.5. The summed E-state index contributed by atoms with van der Waals surface area (Å²) >= 11 is 3.71. The fraction of sp³-hybridized carbons (Fsp3) is 0.179. The molecular weight excluding hydrogens is 654 g/mol. The molecule has 5 aromatic carbocycles. The Morgan fingerprint density at radius 2 is 1.47 bits per heavy atom. The molecule has 2 aliphatic rings. The van der Waals surface area contributed by atoms with Gasteiger partial charge in [-0.1, -0.05) is 113 Å². The normalized spacial score (nSPS) is 18.2. The summed E-state index contributed by atoms with van der Waals surface area (Å²) in [6, 6.07) is 41.4. The topological polar surface area (TPSA) is 92.2 Å². The number of nitrogens with zero attached hydrogens (tertiary/aromatic N) is 1. The van der Waals surface area contributed by atoms with Gasteiger partial charge in [0.25, 0.3) is 5.91 Å². The number of carbonyl (C=O) groups excluding carboxylic acids is 1. The molecule has 7 rings (SSSR count). The number of halogens is 1. The van der Waals surface area contributed by atoms with E-state index >= 15 is 0 Å². The number of ether oxygens (including phenoxy) is 2. The van der Waals surface area contributed by atoms with Crippen molar-refractivity contribution in [3.63, 3.8) is 0 Å². The Hall–Kier alpha value is -4.76. The number of hydrazine groups is 1. The SMILES string of the molecule is O=C(NNC1c2ccccc2-c2ccccc21)[C@@]1(Cc2ccccc2Br)N=C(c2ccc(OCCCO)cc2)O[C@H]1c1ccccc1. The molecule has 0 saturated heterocycles. The fourth-order valence-corrected chi connectivity index (χ4v) is 6.82. The highest BCUT2D eigenvalue weighted by Gasteiger charge is 2.53. The summed E-state index contributed by atoms with van der Waals surface area (Å²) in [6.07, 6.45) is 0.122. The smallest absolute Gasteiger partial charge is 0.266 e. The lowest BCUT2D eigenvalue weighted by Gasteiger charge is -2.31. The highest BCUT2D eigenvalue weighted by atomic mass is 79.9. The maximum Gasteiger partial charge on any atom is 0.266 e. The van der Waals surface area contributed by atoms with Gasteiger partial charge in [-0.3, -0.25) is 10.2 Å². The summed E-state index contributed by atoms with van der Waals surface area (Å²) in [6.45, 7) is 0.488. The van der Waals surface area contributed by atoms with E-state index in [1.807, 2.05) is 103 Å². The molecule has 1 aliphatic carbocycles. The van der Waals surface area contributed by atoms with Crippen molar-refractivity contribution < 1.29 is 19.4 Å². The highest BCUT2D eigenvalue weighted by molar-refractivity contribution is 9.10. The van der Waals surface area contributed by atoms with E-state index in [9.17, 15) is 4.79 Å². The van der Waals surface area contributed by atoms with Gasteiger partial charge in [-0.15, -0.1) is 0 Å². The minimum atomic E-state index is -1.36. The Morgan fingerprint density at radius 3 is 2.15 bits per heavy atom. The van der Waals surface area contributed by atoms with E-state index in [2.05, 4.69) is 51.0 Å². The third-order valence-corrected chi connectivity index (χ3v) is 9.49. The molecule has 1 heterocycles. The van der Waals surface area contributed by atoms with Crippen LogP contribution in [0, 0.1) is 0 Å². The maximum absolute atomic E-state index is 14.8. The highest BCUT2D eigenvalue weighted by Crippen LogP contribution is 2.45. The van der Waals surface area contributed by atoms with Gasteiger partial charge in [-0.25, -0.2) is 10.4 Å². The van der Waals surface area contributed by atoms with Crippen LogP contribution < -0.4 is 15.6 Å². The van der Waals surface area contributed by atoms with Crippen molar-refractivity contribution in [2.24, 2.45) is 4.99 Å². The Balaban J connectivity index is 1.27. The van der Waals surface area contributed by atoms with Gasteiger partial charge in [0.15, 0.2) is 11.6 Å². The van der Waals surface area contributed by atoms with E-state index in [0.29, 0.717) is 24.7 Å². The van der Waals surface area contributed by atoms with Gasteiger partial charge < -0.3 is 14.6 Å². The van der Waals surface area contributed by atoms with Crippen LogP contribution in [0.2, 0.25) is 0 Å². The van der Waals surface area contributed by atoms with E-state index in [1.54, 1.807) is 0 Å². The standard InChI is InChI=1S/C39H34BrN3O4/c40-34-18-9-4-13-28(34)25-39(38(45)43-42-35-32-16-7-5-14-30(32)31-15-6-8-17-33(31)35)36(26-11-2-1-3-12-26)47-37(41-39)27-19-21-29(22-20-27)46-24-10-23-44/h1-9,11-22,35-36,42,44H,10,23-25H2,(H,43,45)/t36-,39-/m0/s1. The van der Waals surface area contributed by atoms with Gasteiger partial charge in [-0.05, 0) is 63.7 Å². The van der Waals surface area contributed by atoms with Gasteiger partial charge in [0.05, 0.1) is 12.6 Å². The molecule has 0 bridgehead atoms. The molecule has 0 fully saturated rings. The van der Waals surface area contributed by atoms with E-state index in [1.165, 1.54) is 0 Å². The molecule has 1 amide bonds.